The van der Waals surface area contributed by atoms with Crippen molar-refractivity contribution in [1.82, 2.24) is 0 Å². The van der Waals surface area contributed by atoms with Crippen LogP contribution < -0.4 is 0 Å². The second kappa shape index (κ2) is 10.4. The molecule has 0 amide bonds. The fraction of sp³-hybridized carbons (Fsp3) is 1.00. The maximum atomic E-state index is 6.20. The van der Waals surface area contributed by atoms with Crippen molar-refractivity contribution in [2.75, 3.05) is 0 Å². The van der Waals surface area contributed by atoms with Gasteiger partial charge >= 0.3 is 14.2 Å². The SMILES string of the molecule is CC1(C)[C@H]2CC[C@H](C2)[C@@H]1CB1OC(C)(C)C(C)(C)O1.CC1(C)[C@H]2CC[C@H](C2)[C@H]1CB1OC(C)(C)C(C)(C)O1.I. The van der Waals surface area contributed by atoms with Crippen LogP contribution in [0.1, 0.15) is 122 Å². The number of halogens is 1. The maximum Gasteiger partial charge on any atom is 0.458 e. The van der Waals surface area contributed by atoms with E-state index in [0.29, 0.717) is 10.8 Å². The van der Waals surface area contributed by atoms with E-state index in [4.69, 9.17) is 18.6 Å². The minimum Gasteiger partial charge on any atom is -0.403 e. The Morgan fingerprint density at radius 1 is 0.487 bits per heavy atom. The number of hydrogen-bond donors (Lipinski definition) is 0. The monoisotopic (exact) mass is 656 g/mol. The number of rotatable bonds is 4. The lowest BCUT2D eigenvalue weighted by Crippen LogP contribution is -2.41. The Bertz CT molecular complexity index is 797. The first kappa shape index (κ1) is 32.6. The van der Waals surface area contributed by atoms with E-state index in [9.17, 15) is 0 Å². The molecule has 2 heterocycles. The molecule has 6 aliphatic rings. The van der Waals surface area contributed by atoms with E-state index < -0.39 is 0 Å². The van der Waals surface area contributed by atoms with Gasteiger partial charge in [0.2, 0.25) is 0 Å². The first-order valence-electron chi connectivity index (χ1n) is 16.0. The van der Waals surface area contributed by atoms with Gasteiger partial charge in [0.05, 0.1) is 22.4 Å². The number of hydrogen-bond acceptors (Lipinski definition) is 4. The molecule has 6 fully saturated rings. The molecule has 0 aromatic carbocycles. The predicted molar refractivity (Wildman–Crippen MR) is 173 cm³/mol. The van der Waals surface area contributed by atoms with Crippen molar-refractivity contribution < 1.29 is 18.6 Å². The zero-order valence-corrected chi connectivity index (χ0v) is 29.6. The highest BCUT2D eigenvalue weighted by molar-refractivity contribution is 14.0. The summed E-state index contributed by atoms with van der Waals surface area (Å²) in [5, 5.41) is 0. The molecule has 6 rings (SSSR count). The molecule has 4 bridgehead atoms. The van der Waals surface area contributed by atoms with Crippen LogP contribution in [0.25, 0.3) is 0 Å². The van der Waals surface area contributed by atoms with Crippen LogP contribution in [0.15, 0.2) is 0 Å². The molecule has 0 N–H and O–H groups in total. The molecule has 7 heteroatoms. The summed E-state index contributed by atoms with van der Waals surface area (Å²) in [6.45, 7) is 27.1. The lowest BCUT2D eigenvalue weighted by Gasteiger charge is -2.38. The normalized spacial score (nSPS) is 40.9. The molecule has 0 radical (unpaired) electrons. The molecule has 0 unspecified atom stereocenters. The Kier molecular flexibility index (Phi) is 8.70. The number of fused-ring (bicyclic) bond motifs is 4. The van der Waals surface area contributed by atoms with E-state index in [2.05, 4.69) is 83.1 Å². The summed E-state index contributed by atoms with van der Waals surface area (Å²) in [7, 11) is -0.0118. The van der Waals surface area contributed by atoms with Crippen molar-refractivity contribution in [1.29, 1.82) is 0 Å². The van der Waals surface area contributed by atoms with Gasteiger partial charge in [-0.15, -0.1) is 24.0 Å². The van der Waals surface area contributed by atoms with Gasteiger partial charge in [0, 0.05) is 0 Å². The van der Waals surface area contributed by atoms with Crippen LogP contribution in [0.4, 0.5) is 0 Å². The highest BCUT2D eigenvalue weighted by Gasteiger charge is 2.59. The lowest BCUT2D eigenvalue weighted by atomic mass is 9.61. The molecule has 0 spiro atoms. The van der Waals surface area contributed by atoms with Crippen molar-refractivity contribution in [2.24, 2.45) is 46.3 Å². The molecular weight excluding hydrogens is 597 g/mol. The van der Waals surface area contributed by atoms with Crippen LogP contribution in [-0.2, 0) is 18.6 Å². The Labute approximate surface area is 258 Å². The molecule has 4 nitrogen and oxygen atoms in total. The average Bonchev–Trinajstić information content (AvgIpc) is 3.55. The first-order valence-corrected chi connectivity index (χ1v) is 16.0. The van der Waals surface area contributed by atoms with Crippen molar-refractivity contribution in [3.05, 3.63) is 0 Å². The van der Waals surface area contributed by atoms with Crippen LogP contribution in [0, 0.1) is 46.3 Å². The standard InChI is InChI=1S/2C16H29BO2.HI/c2*1-14(2)12-8-7-11(9-12)13(14)10-17-18-15(3,4)16(5,6)19-17;/h2*11-13H,7-10H2,1-6H3;1H/t11-,12+,13+;11-,12+,13-;/m11./s1. The Balaban J connectivity index is 0.000000176. The second-order valence-electron chi connectivity index (χ2n) is 17.2. The van der Waals surface area contributed by atoms with Gasteiger partial charge in [0.1, 0.15) is 0 Å². The van der Waals surface area contributed by atoms with Crippen molar-refractivity contribution in [2.45, 2.75) is 157 Å². The van der Waals surface area contributed by atoms with Gasteiger partial charge in [0.25, 0.3) is 0 Å². The topological polar surface area (TPSA) is 36.9 Å². The first-order chi connectivity index (χ1) is 17.3. The van der Waals surface area contributed by atoms with Crippen LogP contribution in [0.3, 0.4) is 0 Å². The zero-order valence-electron chi connectivity index (χ0n) is 27.3. The predicted octanol–water partition coefficient (Wildman–Crippen LogP) is 8.92. The van der Waals surface area contributed by atoms with E-state index in [-0.39, 0.29) is 60.6 Å². The third-order valence-corrected chi connectivity index (χ3v) is 13.6. The van der Waals surface area contributed by atoms with Gasteiger partial charge in [-0.1, -0.05) is 27.7 Å². The van der Waals surface area contributed by atoms with Gasteiger partial charge in [-0.3, -0.25) is 0 Å². The Morgan fingerprint density at radius 2 is 0.769 bits per heavy atom. The largest absolute Gasteiger partial charge is 0.458 e. The Morgan fingerprint density at radius 3 is 1.00 bits per heavy atom. The zero-order chi connectivity index (χ0) is 28.1. The molecule has 0 aromatic rings. The third kappa shape index (κ3) is 5.57. The quantitative estimate of drug-likeness (QED) is 0.224. The van der Waals surface area contributed by atoms with Crippen LogP contribution in [0.5, 0.6) is 0 Å². The highest BCUT2D eigenvalue weighted by atomic mass is 127. The highest BCUT2D eigenvalue weighted by Crippen LogP contribution is 2.62. The third-order valence-electron chi connectivity index (χ3n) is 13.6. The summed E-state index contributed by atoms with van der Waals surface area (Å²) < 4.78 is 24.8. The van der Waals surface area contributed by atoms with Crippen molar-refractivity contribution >= 4 is 38.2 Å². The Hall–Kier alpha value is 0.700. The van der Waals surface area contributed by atoms with Crippen LogP contribution in [-0.4, -0.2) is 36.6 Å². The summed E-state index contributed by atoms with van der Waals surface area (Å²) >= 11 is 0. The summed E-state index contributed by atoms with van der Waals surface area (Å²) in [5.74, 6) is 5.26. The van der Waals surface area contributed by atoms with E-state index in [0.717, 1.165) is 48.1 Å². The molecule has 224 valence electrons. The average molecular weight is 656 g/mol. The molecule has 4 aliphatic carbocycles. The molecule has 0 aromatic heterocycles. The van der Waals surface area contributed by atoms with Crippen molar-refractivity contribution in [3.63, 3.8) is 0 Å². The van der Waals surface area contributed by atoms with Crippen LogP contribution in [0.2, 0.25) is 12.6 Å². The fourth-order valence-corrected chi connectivity index (χ4v) is 9.47. The van der Waals surface area contributed by atoms with E-state index in [1.165, 1.54) is 38.5 Å². The summed E-state index contributed by atoms with van der Waals surface area (Å²) in [4.78, 5) is 0. The molecule has 6 atom stereocenters. The van der Waals surface area contributed by atoms with Crippen molar-refractivity contribution in [3.8, 4) is 0 Å². The van der Waals surface area contributed by atoms with Crippen LogP contribution >= 0.6 is 24.0 Å². The smallest absolute Gasteiger partial charge is 0.403 e. The molecular formula is C32H59B2IO4. The molecule has 4 saturated carbocycles. The second-order valence-corrected chi connectivity index (χ2v) is 17.2. The molecule has 39 heavy (non-hydrogen) atoms. The summed E-state index contributed by atoms with van der Waals surface area (Å²) in [6.07, 6.45) is 10.8. The fourth-order valence-electron chi connectivity index (χ4n) is 9.47. The van der Waals surface area contributed by atoms with Gasteiger partial charge in [-0.25, -0.2) is 0 Å². The molecule has 2 aliphatic heterocycles. The summed E-state index contributed by atoms with van der Waals surface area (Å²) in [6, 6.07) is 0. The van der Waals surface area contributed by atoms with E-state index in [1.54, 1.807) is 0 Å². The van der Waals surface area contributed by atoms with E-state index in [1.807, 2.05) is 0 Å². The molecule has 2 saturated heterocycles. The maximum absolute atomic E-state index is 6.20. The minimum atomic E-state index is -0.181. The summed E-state index contributed by atoms with van der Waals surface area (Å²) in [5.41, 5.74) is 0.233. The minimum absolute atomic E-state index is 0. The van der Waals surface area contributed by atoms with E-state index >= 15 is 0 Å². The van der Waals surface area contributed by atoms with Gasteiger partial charge in [-0.05, 0) is 153 Å². The van der Waals surface area contributed by atoms with Gasteiger partial charge < -0.3 is 18.6 Å². The van der Waals surface area contributed by atoms with Gasteiger partial charge in [-0.2, -0.15) is 0 Å². The lowest BCUT2D eigenvalue weighted by molar-refractivity contribution is 0.00578. The van der Waals surface area contributed by atoms with Gasteiger partial charge in [0.15, 0.2) is 0 Å².